The lowest BCUT2D eigenvalue weighted by molar-refractivity contribution is 0.0299. The first kappa shape index (κ1) is 14.5. The van der Waals surface area contributed by atoms with Crippen molar-refractivity contribution < 1.29 is 23.0 Å². The quantitative estimate of drug-likeness (QED) is 0.846. The number of nitrogen functional groups attached to an aromatic ring is 1. The van der Waals surface area contributed by atoms with Crippen molar-refractivity contribution in [1.82, 2.24) is 4.90 Å². The van der Waals surface area contributed by atoms with E-state index in [4.69, 9.17) is 15.2 Å². The van der Waals surface area contributed by atoms with E-state index >= 15 is 0 Å². The number of benzene rings is 1. The second-order valence-electron chi connectivity index (χ2n) is 4.31. The molecule has 1 aromatic rings. The van der Waals surface area contributed by atoms with Crippen LogP contribution in [0.3, 0.4) is 0 Å². The highest BCUT2D eigenvalue weighted by Gasteiger charge is 2.23. The first-order valence-electron chi connectivity index (χ1n) is 6.28. The predicted octanol–water partition coefficient (Wildman–Crippen LogP) is 1.23. The van der Waals surface area contributed by atoms with Gasteiger partial charge in [0.05, 0.1) is 24.5 Å². The molecular formula is C13H16F2N2O3. The zero-order valence-electron chi connectivity index (χ0n) is 10.9. The molecule has 0 radical (unpaired) electrons. The van der Waals surface area contributed by atoms with E-state index in [-0.39, 0.29) is 23.6 Å². The largest absolute Gasteiger partial charge is 0.489 e. The van der Waals surface area contributed by atoms with Gasteiger partial charge in [-0.25, -0.2) is 8.78 Å². The van der Waals surface area contributed by atoms with Crippen molar-refractivity contribution >= 4 is 11.6 Å². The Morgan fingerprint density at radius 3 is 2.75 bits per heavy atom. The van der Waals surface area contributed by atoms with Gasteiger partial charge in [-0.2, -0.15) is 0 Å². The third-order valence-corrected chi connectivity index (χ3v) is 2.96. The predicted molar refractivity (Wildman–Crippen MR) is 69.0 cm³/mol. The van der Waals surface area contributed by atoms with Crippen molar-refractivity contribution in [2.45, 2.75) is 0 Å². The maximum atomic E-state index is 13.9. The number of carbonyl (C=O) groups is 1. The number of amides is 1. The summed E-state index contributed by atoms with van der Waals surface area (Å²) in [6, 6.07) is 2.24. The van der Waals surface area contributed by atoms with Crippen LogP contribution in [0.15, 0.2) is 12.1 Å². The number of anilines is 1. The smallest absolute Gasteiger partial charge is 0.257 e. The lowest BCUT2D eigenvalue weighted by Crippen LogP contribution is -2.41. The average Bonchev–Trinajstić information content (AvgIpc) is 2.47. The fourth-order valence-electron chi connectivity index (χ4n) is 1.94. The molecule has 0 aliphatic carbocycles. The molecule has 110 valence electrons. The summed E-state index contributed by atoms with van der Waals surface area (Å²) in [6.07, 6.45) is 0. The molecule has 1 fully saturated rings. The number of morpholine rings is 1. The number of hydrogen-bond donors (Lipinski definition) is 1. The van der Waals surface area contributed by atoms with Crippen molar-refractivity contribution in [2.75, 3.05) is 45.3 Å². The van der Waals surface area contributed by atoms with E-state index in [0.29, 0.717) is 26.3 Å². The van der Waals surface area contributed by atoms with Crippen molar-refractivity contribution in [3.63, 3.8) is 0 Å². The van der Waals surface area contributed by atoms with Crippen LogP contribution < -0.4 is 10.5 Å². The van der Waals surface area contributed by atoms with Crippen LogP contribution in [-0.2, 0) is 4.74 Å². The molecule has 0 bridgehead atoms. The van der Waals surface area contributed by atoms with E-state index in [0.717, 1.165) is 6.07 Å². The maximum absolute atomic E-state index is 13.9. The van der Waals surface area contributed by atoms with Crippen LogP contribution in [0.25, 0.3) is 0 Å². The summed E-state index contributed by atoms with van der Waals surface area (Å²) in [4.78, 5) is 13.7. The Kier molecular flexibility index (Phi) is 4.73. The summed E-state index contributed by atoms with van der Waals surface area (Å²) in [7, 11) is 0. The molecule has 0 aromatic heterocycles. The van der Waals surface area contributed by atoms with Crippen LogP contribution in [0.1, 0.15) is 10.4 Å². The summed E-state index contributed by atoms with van der Waals surface area (Å²) in [5.41, 5.74) is 5.48. The maximum Gasteiger partial charge on any atom is 0.257 e. The highest BCUT2D eigenvalue weighted by molar-refractivity contribution is 5.95. The molecule has 1 heterocycles. The number of hydrogen-bond acceptors (Lipinski definition) is 4. The van der Waals surface area contributed by atoms with Gasteiger partial charge in [0.2, 0.25) is 0 Å². The van der Waals surface area contributed by atoms with Gasteiger partial charge in [-0.3, -0.25) is 4.79 Å². The molecule has 2 rings (SSSR count). The Morgan fingerprint density at radius 2 is 2.10 bits per heavy atom. The molecule has 1 aliphatic rings. The van der Waals surface area contributed by atoms with Crippen molar-refractivity contribution in [3.05, 3.63) is 23.5 Å². The molecule has 1 saturated heterocycles. The lowest BCUT2D eigenvalue weighted by Gasteiger charge is -2.27. The third-order valence-electron chi connectivity index (χ3n) is 2.96. The van der Waals surface area contributed by atoms with Gasteiger partial charge < -0.3 is 20.1 Å². The molecule has 1 aliphatic heterocycles. The van der Waals surface area contributed by atoms with E-state index in [1.807, 2.05) is 0 Å². The number of rotatable bonds is 4. The first-order valence-corrected chi connectivity index (χ1v) is 6.28. The molecule has 0 atom stereocenters. The van der Waals surface area contributed by atoms with Crippen LogP contribution in [0, 0.1) is 5.82 Å². The van der Waals surface area contributed by atoms with Gasteiger partial charge in [-0.15, -0.1) is 0 Å². The topological polar surface area (TPSA) is 64.8 Å². The van der Waals surface area contributed by atoms with Gasteiger partial charge in [0, 0.05) is 19.2 Å². The zero-order valence-corrected chi connectivity index (χ0v) is 10.9. The number of nitrogens with two attached hydrogens (primary N) is 1. The van der Waals surface area contributed by atoms with Crippen LogP contribution >= 0.6 is 0 Å². The zero-order chi connectivity index (χ0) is 14.5. The van der Waals surface area contributed by atoms with Gasteiger partial charge in [0.15, 0.2) is 0 Å². The Hall–Kier alpha value is -1.89. The minimum absolute atomic E-state index is 0.0366. The molecule has 0 saturated carbocycles. The van der Waals surface area contributed by atoms with Gasteiger partial charge in [-0.1, -0.05) is 0 Å². The highest BCUT2D eigenvalue weighted by Crippen LogP contribution is 2.26. The van der Waals surface area contributed by atoms with Gasteiger partial charge in [0.25, 0.3) is 5.91 Å². The number of nitrogens with zero attached hydrogens (tertiary/aromatic N) is 1. The molecule has 0 unspecified atom stereocenters. The van der Waals surface area contributed by atoms with Crippen LogP contribution in [0.2, 0.25) is 0 Å². The number of alkyl halides is 1. The standard InChI is InChI=1S/C13H16F2N2O3/c14-1-4-20-12-7-9(10(15)8-11(12)16)13(18)17-2-5-19-6-3-17/h7-8H,1-6,16H2. The van der Waals surface area contributed by atoms with Crippen LogP contribution in [-0.4, -0.2) is 50.4 Å². The Labute approximate surface area is 115 Å². The number of carbonyl (C=O) groups excluding carboxylic acids is 1. The second-order valence-corrected chi connectivity index (χ2v) is 4.31. The fraction of sp³-hybridized carbons (Fsp3) is 0.462. The summed E-state index contributed by atoms with van der Waals surface area (Å²) in [5.74, 6) is -1.05. The first-order chi connectivity index (χ1) is 9.63. The number of ether oxygens (including phenoxy) is 2. The van der Waals surface area contributed by atoms with Gasteiger partial charge >= 0.3 is 0 Å². The SMILES string of the molecule is Nc1cc(F)c(C(=O)N2CCOCC2)cc1OCCF. The van der Waals surface area contributed by atoms with Crippen LogP contribution in [0.5, 0.6) is 5.75 Å². The Bertz CT molecular complexity index is 491. The highest BCUT2D eigenvalue weighted by atomic mass is 19.1. The Morgan fingerprint density at radius 1 is 1.40 bits per heavy atom. The fourth-order valence-corrected chi connectivity index (χ4v) is 1.94. The minimum atomic E-state index is -0.716. The normalized spacial score (nSPS) is 15.2. The van der Waals surface area contributed by atoms with E-state index in [1.54, 1.807) is 0 Å². The summed E-state index contributed by atoms with van der Waals surface area (Å²) in [5, 5.41) is 0. The van der Waals surface area contributed by atoms with Crippen molar-refractivity contribution in [3.8, 4) is 5.75 Å². The van der Waals surface area contributed by atoms with Gasteiger partial charge in [0.1, 0.15) is 24.8 Å². The van der Waals surface area contributed by atoms with E-state index in [1.165, 1.54) is 11.0 Å². The monoisotopic (exact) mass is 286 g/mol. The molecule has 5 nitrogen and oxygen atoms in total. The van der Waals surface area contributed by atoms with Crippen molar-refractivity contribution in [2.24, 2.45) is 0 Å². The molecule has 2 N–H and O–H groups in total. The molecule has 0 spiro atoms. The van der Waals surface area contributed by atoms with E-state index in [2.05, 4.69) is 0 Å². The summed E-state index contributed by atoms with van der Waals surface area (Å²) < 4.78 is 36.2. The molecule has 1 aromatic carbocycles. The lowest BCUT2D eigenvalue weighted by atomic mass is 10.1. The second kappa shape index (κ2) is 6.51. The molecule has 20 heavy (non-hydrogen) atoms. The van der Waals surface area contributed by atoms with Gasteiger partial charge in [-0.05, 0) is 6.07 Å². The molecule has 7 heteroatoms. The average molecular weight is 286 g/mol. The van der Waals surface area contributed by atoms with Crippen molar-refractivity contribution in [1.29, 1.82) is 0 Å². The third kappa shape index (κ3) is 3.16. The number of halogens is 2. The van der Waals surface area contributed by atoms with E-state index in [9.17, 15) is 13.6 Å². The Balaban J connectivity index is 2.23. The molecular weight excluding hydrogens is 270 g/mol. The minimum Gasteiger partial charge on any atom is -0.489 e. The molecule has 1 amide bonds. The van der Waals surface area contributed by atoms with E-state index < -0.39 is 18.4 Å². The summed E-state index contributed by atoms with van der Waals surface area (Å²) in [6.45, 7) is 0.776. The summed E-state index contributed by atoms with van der Waals surface area (Å²) >= 11 is 0. The van der Waals surface area contributed by atoms with Crippen LogP contribution in [0.4, 0.5) is 14.5 Å².